The first-order valence-corrected chi connectivity index (χ1v) is 9.09. The summed E-state index contributed by atoms with van der Waals surface area (Å²) < 4.78 is 5.68. The predicted molar refractivity (Wildman–Crippen MR) is 111 cm³/mol. The lowest BCUT2D eigenvalue weighted by Gasteiger charge is -2.16. The number of anilines is 1. The maximum absolute atomic E-state index is 12.2. The fraction of sp³-hybridized carbons (Fsp3) is 0.333. The third-order valence-electron chi connectivity index (χ3n) is 4.07. The molecular weight excluding hydrogens is 344 g/mol. The van der Waals surface area contributed by atoms with Crippen molar-refractivity contribution in [3.8, 4) is 5.75 Å². The molecule has 2 N–H and O–H groups in total. The molecule has 0 spiro atoms. The number of carbonyl (C=O) groups is 1. The molecule has 0 saturated heterocycles. The topological polar surface area (TPSA) is 50.4 Å². The summed E-state index contributed by atoms with van der Waals surface area (Å²) in [5.74, 6) is 0.759. The normalized spacial score (nSPS) is 10.5. The second kappa shape index (κ2) is 8.81. The van der Waals surface area contributed by atoms with E-state index in [0.717, 1.165) is 28.1 Å². The van der Waals surface area contributed by atoms with E-state index in [4.69, 9.17) is 17.0 Å². The van der Waals surface area contributed by atoms with Crippen LogP contribution in [0.25, 0.3) is 0 Å². The Morgan fingerprint density at radius 3 is 2.35 bits per heavy atom. The lowest BCUT2D eigenvalue weighted by molar-refractivity contribution is -0.121. The Hall–Kier alpha value is -2.40. The molecule has 2 rings (SSSR count). The number of aryl methyl sites for hydroxylation is 3. The van der Waals surface area contributed by atoms with Crippen LogP contribution in [0, 0.1) is 20.8 Å². The van der Waals surface area contributed by atoms with Crippen LogP contribution in [0.2, 0.25) is 0 Å². The van der Waals surface area contributed by atoms with E-state index in [2.05, 4.69) is 43.5 Å². The van der Waals surface area contributed by atoms with E-state index in [1.165, 1.54) is 5.56 Å². The van der Waals surface area contributed by atoms with Gasteiger partial charge in [-0.1, -0.05) is 49.7 Å². The summed E-state index contributed by atoms with van der Waals surface area (Å²) in [4.78, 5) is 12.2. The zero-order chi connectivity index (χ0) is 19.3. The second-order valence-electron chi connectivity index (χ2n) is 6.76. The molecule has 0 unspecified atom stereocenters. The summed E-state index contributed by atoms with van der Waals surface area (Å²) in [5.41, 5.74) is 5.36. The molecule has 0 aliphatic carbocycles. The first kappa shape index (κ1) is 19.9. The number of thiocarbonyl (C=S) groups is 1. The Morgan fingerprint density at radius 2 is 1.73 bits per heavy atom. The van der Waals surface area contributed by atoms with Crippen LogP contribution in [0.5, 0.6) is 5.75 Å². The predicted octanol–water partition coefficient (Wildman–Crippen LogP) is 4.63. The number of benzene rings is 2. The van der Waals surface area contributed by atoms with Crippen LogP contribution in [0.3, 0.4) is 0 Å². The molecule has 0 saturated carbocycles. The maximum atomic E-state index is 12.2. The minimum atomic E-state index is -0.288. The summed E-state index contributed by atoms with van der Waals surface area (Å²) in [6, 6.07) is 11.9. The van der Waals surface area contributed by atoms with Crippen molar-refractivity contribution in [2.24, 2.45) is 0 Å². The van der Waals surface area contributed by atoms with Crippen LogP contribution >= 0.6 is 12.2 Å². The van der Waals surface area contributed by atoms with E-state index in [1.807, 2.05) is 38.1 Å². The van der Waals surface area contributed by atoms with Gasteiger partial charge in [-0.05, 0) is 61.7 Å². The summed E-state index contributed by atoms with van der Waals surface area (Å²) in [7, 11) is 0. The first-order valence-electron chi connectivity index (χ1n) is 8.68. The third kappa shape index (κ3) is 5.30. The van der Waals surface area contributed by atoms with Gasteiger partial charge in [-0.2, -0.15) is 0 Å². The number of amides is 1. The molecule has 0 atom stereocenters. The van der Waals surface area contributed by atoms with Gasteiger partial charge in [0.25, 0.3) is 5.91 Å². The highest BCUT2D eigenvalue weighted by molar-refractivity contribution is 7.80. The van der Waals surface area contributed by atoms with Gasteiger partial charge in [0.2, 0.25) is 0 Å². The molecule has 4 nitrogen and oxygen atoms in total. The molecule has 0 bridgehead atoms. The fourth-order valence-electron chi connectivity index (χ4n) is 2.92. The van der Waals surface area contributed by atoms with Crippen molar-refractivity contribution in [3.05, 3.63) is 58.7 Å². The van der Waals surface area contributed by atoms with Crippen LogP contribution in [0.4, 0.5) is 5.69 Å². The summed E-state index contributed by atoms with van der Waals surface area (Å²) in [6.07, 6.45) is 0. The molecule has 2 aromatic carbocycles. The van der Waals surface area contributed by atoms with Crippen LogP contribution < -0.4 is 15.4 Å². The lowest BCUT2D eigenvalue weighted by Crippen LogP contribution is -2.37. The number of hydrogen-bond donors (Lipinski definition) is 2. The minimum Gasteiger partial charge on any atom is -0.483 e. The van der Waals surface area contributed by atoms with Gasteiger partial charge in [-0.3, -0.25) is 10.1 Å². The van der Waals surface area contributed by atoms with Crippen molar-refractivity contribution in [2.45, 2.75) is 40.5 Å². The van der Waals surface area contributed by atoms with Crippen LogP contribution in [-0.2, 0) is 4.79 Å². The van der Waals surface area contributed by atoms with E-state index in [0.29, 0.717) is 5.92 Å². The van der Waals surface area contributed by atoms with E-state index in [1.54, 1.807) is 0 Å². The van der Waals surface area contributed by atoms with E-state index < -0.39 is 0 Å². The summed E-state index contributed by atoms with van der Waals surface area (Å²) in [5, 5.41) is 6.05. The molecule has 26 heavy (non-hydrogen) atoms. The number of rotatable bonds is 5. The van der Waals surface area contributed by atoms with Gasteiger partial charge >= 0.3 is 0 Å². The van der Waals surface area contributed by atoms with Crippen molar-refractivity contribution in [2.75, 3.05) is 11.9 Å². The third-order valence-corrected chi connectivity index (χ3v) is 4.27. The Morgan fingerprint density at radius 1 is 1.12 bits per heavy atom. The fourth-order valence-corrected chi connectivity index (χ4v) is 3.13. The van der Waals surface area contributed by atoms with Crippen molar-refractivity contribution < 1.29 is 9.53 Å². The summed E-state index contributed by atoms with van der Waals surface area (Å²) >= 11 is 5.26. The molecule has 0 aromatic heterocycles. The van der Waals surface area contributed by atoms with Crippen molar-refractivity contribution in [1.82, 2.24) is 5.32 Å². The second-order valence-corrected chi connectivity index (χ2v) is 7.17. The Labute approximate surface area is 161 Å². The van der Waals surface area contributed by atoms with Gasteiger partial charge in [-0.25, -0.2) is 0 Å². The largest absolute Gasteiger partial charge is 0.483 e. The van der Waals surface area contributed by atoms with Crippen molar-refractivity contribution in [1.29, 1.82) is 0 Å². The molecule has 0 heterocycles. The zero-order valence-corrected chi connectivity index (χ0v) is 16.8. The molecule has 2 aromatic rings. The molecule has 1 amide bonds. The Balaban J connectivity index is 1.93. The maximum Gasteiger partial charge on any atom is 0.264 e. The molecule has 138 valence electrons. The average Bonchev–Trinajstić information content (AvgIpc) is 2.56. The van der Waals surface area contributed by atoms with Gasteiger partial charge < -0.3 is 10.1 Å². The number of hydrogen-bond acceptors (Lipinski definition) is 3. The van der Waals surface area contributed by atoms with E-state index >= 15 is 0 Å². The highest BCUT2D eigenvalue weighted by Gasteiger charge is 2.11. The van der Waals surface area contributed by atoms with Crippen LogP contribution in [-0.4, -0.2) is 17.6 Å². The lowest BCUT2D eigenvalue weighted by atomic mass is 10.0. The van der Waals surface area contributed by atoms with Gasteiger partial charge in [0.1, 0.15) is 5.75 Å². The molecule has 0 fully saturated rings. The highest BCUT2D eigenvalue weighted by atomic mass is 32.1. The molecule has 0 aliphatic rings. The molecule has 0 radical (unpaired) electrons. The smallest absolute Gasteiger partial charge is 0.264 e. The standard InChI is InChI=1S/C21H26N2O2S/c1-13(2)17-8-6-7-9-18(17)25-12-19(24)22-21(26)23-20-15(4)10-14(3)11-16(20)5/h6-11,13H,12H2,1-5H3,(H2,22,23,24,26). The number of nitrogens with one attached hydrogen (secondary N) is 2. The van der Waals surface area contributed by atoms with E-state index in [9.17, 15) is 4.79 Å². The number of para-hydroxylation sites is 1. The highest BCUT2D eigenvalue weighted by Crippen LogP contribution is 2.25. The number of ether oxygens (including phenoxy) is 1. The molecular formula is C21H26N2O2S. The van der Waals surface area contributed by atoms with Crippen molar-refractivity contribution in [3.63, 3.8) is 0 Å². The van der Waals surface area contributed by atoms with Gasteiger partial charge in [-0.15, -0.1) is 0 Å². The number of carbonyl (C=O) groups excluding carboxylic acids is 1. The molecule has 0 aliphatic heterocycles. The first-order chi connectivity index (χ1) is 12.3. The van der Waals surface area contributed by atoms with Crippen molar-refractivity contribution >= 4 is 28.9 Å². The zero-order valence-electron chi connectivity index (χ0n) is 16.0. The Bertz CT molecular complexity index is 792. The van der Waals surface area contributed by atoms with Gasteiger partial charge in [0.05, 0.1) is 0 Å². The van der Waals surface area contributed by atoms with E-state index in [-0.39, 0.29) is 17.6 Å². The van der Waals surface area contributed by atoms with Crippen LogP contribution in [0.15, 0.2) is 36.4 Å². The van der Waals surface area contributed by atoms with Gasteiger partial charge in [0.15, 0.2) is 11.7 Å². The average molecular weight is 371 g/mol. The minimum absolute atomic E-state index is 0.0859. The molecule has 5 heteroatoms. The summed E-state index contributed by atoms with van der Waals surface area (Å²) in [6.45, 7) is 10.2. The van der Waals surface area contributed by atoms with Gasteiger partial charge in [0, 0.05) is 5.69 Å². The quantitative estimate of drug-likeness (QED) is 0.754. The Kier molecular flexibility index (Phi) is 6.75. The monoisotopic (exact) mass is 370 g/mol. The SMILES string of the molecule is Cc1cc(C)c(NC(=S)NC(=O)COc2ccccc2C(C)C)c(C)c1. The van der Waals surface area contributed by atoms with Crippen LogP contribution in [0.1, 0.15) is 42.0 Å².